The number of hydrogen-bond donors (Lipinski definition) is 2. The molecule has 178 valence electrons. The maximum Gasteiger partial charge on any atom is 0.336 e. The molecule has 0 unspecified atom stereocenters. The summed E-state index contributed by atoms with van der Waals surface area (Å²) in [6, 6.07) is 3.49. The Hall–Kier alpha value is -1.84. The van der Waals surface area contributed by atoms with Crippen molar-refractivity contribution in [3.8, 4) is 0 Å². The van der Waals surface area contributed by atoms with Crippen LogP contribution in [-0.2, 0) is 0 Å². The van der Waals surface area contributed by atoms with Crippen molar-refractivity contribution in [3.05, 3.63) is 34.4 Å². The zero-order valence-electron chi connectivity index (χ0n) is 20.8. The van der Waals surface area contributed by atoms with Crippen LogP contribution in [0, 0.1) is 22.7 Å². The van der Waals surface area contributed by atoms with Crippen LogP contribution in [0.3, 0.4) is 0 Å². The zero-order chi connectivity index (χ0) is 23.8. The molecule has 2 aliphatic carbocycles. The summed E-state index contributed by atoms with van der Waals surface area (Å²) in [5.41, 5.74) is 2.48. The molecular weight excluding hydrogens is 400 g/mol. The fourth-order valence-electron chi connectivity index (χ4n) is 6.36. The third kappa shape index (κ3) is 5.21. The van der Waals surface area contributed by atoms with Crippen molar-refractivity contribution in [3.63, 3.8) is 0 Å². The lowest BCUT2D eigenvalue weighted by Gasteiger charge is -2.40. The number of rotatable bonds is 4. The number of aromatic carboxylic acids is 2. The lowest BCUT2D eigenvalue weighted by atomic mass is 9.65. The number of carboxylic acids is 2. The van der Waals surface area contributed by atoms with Crippen LogP contribution in [0.15, 0.2) is 12.1 Å². The normalized spacial score (nSPS) is 27.2. The van der Waals surface area contributed by atoms with E-state index in [0.717, 1.165) is 62.5 Å². The second-order valence-electron chi connectivity index (χ2n) is 12.4. The lowest BCUT2D eigenvalue weighted by Crippen LogP contribution is -2.28. The maximum atomic E-state index is 12.4. The van der Waals surface area contributed by atoms with Gasteiger partial charge in [0.1, 0.15) is 0 Å². The second-order valence-corrected chi connectivity index (χ2v) is 12.4. The van der Waals surface area contributed by atoms with E-state index in [9.17, 15) is 19.8 Å². The van der Waals surface area contributed by atoms with Crippen LogP contribution in [0.25, 0.3) is 0 Å². The Balaban J connectivity index is 1.99. The molecule has 3 rings (SSSR count). The van der Waals surface area contributed by atoms with Crippen molar-refractivity contribution < 1.29 is 19.8 Å². The van der Waals surface area contributed by atoms with E-state index in [2.05, 4.69) is 41.5 Å². The third-order valence-corrected chi connectivity index (χ3v) is 8.48. The molecule has 2 aliphatic rings. The molecular formula is C28H42O4. The molecule has 0 saturated heterocycles. The maximum absolute atomic E-state index is 12.4. The molecule has 0 bridgehead atoms. The molecule has 0 aromatic heterocycles. The van der Waals surface area contributed by atoms with E-state index in [-0.39, 0.29) is 22.5 Å². The summed E-state index contributed by atoms with van der Waals surface area (Å²) < 4.78 is 0. The molecule has 0 heterocycles. The molecule has 32 heavy (non-hydrogen) atoms. The summed E-state index contributed by atoms with van der Waals surface area (Å²) in [5, 5.41) is 19.9. The van der Waals surface area contributed by atoms with E-state index in [1.807, 2.05) is 6.07 Å². The molecule has 0 radical (unpaired) electrons. The smallest absolute Gasteiger partial charge is 0.336 e. The van der Waals surface area contributed by atoms with Crippen LogP contribution in [0.2, 0.25) is 0 Å². The molecule has 1 aromatic carbocycles. The first kappa shape index (κ1) is 24.8. The van der Waals surface area contributed by atoms with Crippen LogP contribution in [0.4, 0.5) is 0 Å². The van der Waals surface area contributed by atoms with E-state index in [0.29, 0.717) is 23.2 Å². The van der Waals surface area contributed by atoms with Gasteiger partial charge in [0.15, 0.2) is 0 Å². The van der Waals surface area contributed by atoms with Gasteiger partial charge in [0.05, 0.1) is 11.1 Å². The van der Waals surface area contributed by atoms with Crippen molar-refractivity contribution in [1.29, 1.82) is 0 Å². The molecule has 0 spiro atoms. The third-order valence-electron chi connectivity index (χ3n) is 8.48. The highest BCUT2D eigenvalue weighted by Gasteiger charge is 2.37. The quantitative estimate of drug-likeness (QED) is 0.500. The Bertz CT molecular complexity index is 839. The van der Waals surface area contributed by atoms with Crippen molar-refractivity contribution >= 4 is 11.9 Å². The van der Waals surface area contributed by atoms with Crippen molar-refractivity contribution in [1.82, 2.24) is 0 Å². The van der Waals surface area contributed by atoms with Gasteiger partial charge >= 0.3 is 11.9 Å². The molecule has 2 fully saturated rings. The van der Waals surface area contributed by atoms with Gasteiger partial charge in [-0.3, -0.25) is 0 Å². The molecule has 1 aromatic rings. The van der Waals surface area contributed by atoms with E-state index < -0.39 is 11.9 Å². The highest BCUT2D eigenvalue weighted by molar-refractivity contribution is 6.03. The van der Waals surface area contributed by atoms with Gasteiger partial charge in [0, 0.05) is 0 Å². The topological polar surface area (TPSA) is 74.6 Å². The first-order valence-electron chi connectivity index (χ1n) is 12.4. The van der Waals surface area contributed by atoms with Gasteiger partial charge in [-0.25, -0.2) is 9.59 Å². The van der Waals surface area contributed by atoms with Crippen molar-refractivity contribution in [2.45, 2.75) is 105 Å². The Morgan fingerprint density at radius 3 is 1.50 bits per heavy atom. The minimum absolute atomic E-state index is 0.0483. The number of hydrogen-bond acceptors (Lipinski definition) is 2. The summed E-state index contributed by atoms with van der Waals surface area (Å²) in [4.78, 5) is 24.3. The molecule has 2 saturated carbocycles. The van der Waals surface area contributed by atoms with Gasteiger partial charge < -0.3 is 10.2 Å². The minimum atomic E-state index is -1.14. The van der Waals surface area contributed by atoms with Gasteiger partial charge in [-0.1, -0.05) is 47.6 Å². The van der Waals surface area contributed by atoms with Gasteiger partial charge in [-0.15, -0.1) is 0 Å². The van der Waals surface area contributed by atoms with E-state index in [1.54, 1.807) is 6.07 Å². The van der Waals surface area contributed by atoms with E-state index >= 15 is 0 Å². The minimum Gasteiger partial charge on any atom is -0.478 e. The summed E-state index contributed by atoms with van der Waals surface area (Å²) >= 11 is 0. The number of carbonyl (C=O) groups is 2. The first-order valence-corrected chi connectivity index (χ1v) is 12.4. The summed E-state index contributed by atoms with van der Waals surface area (Å²) in [6.45, 7) is 13.8. The summed E-state index contributed by atoms with van der Waals surface area (Å²) in [6.07, 6.45) is 8.42. The predicted molar refractivity (Wildman–Crippen MR) is 129 cm³/mol. The van der Waals surface area contributed by atoms with Gasteiger partial charge in [0.25, 0.3) is 0 Å². The van der Waals surface area contributed by atoms with Crippen molar-refractivity contribution in [2.75, 3.05) is 0 Å². The second kappa shape index (κ2) is 9.19. The largest absolute Gasteiger partial charge is 0.478 e. The lowest BCUT2D eigenvalue weighted by molar-refractivity contribution is 0.0649. The standard InChI is InChI=1S/C28H42O4/c1-27(2,3)19-11-7-17(8-12-19)21-15-16-22(25(29)30)24(26(31)32)23(21)18-9-13-20(14-10-18)28(4,5)6/h15-20H,7-14H2,1-6H3,(H,29,30)(H,31,32). The summed E-state index contributed by atoms with van der Waals surface area (Å²) in [5.74, 6) is -0.475. The van der Waals surface area contributed by atoms with Crippen LogP contribution in [-0.4, -0.2) is 22.2 Å². The fourth-order valence-corrected chi connectivity index (χ4v) is 6.36. The molecule has 4 heteroatoms. The molecule has 2 N–H and O–H groups in total. The number of carboxylic acid groups (broad SMARTS) is 2. The Labute approximate surface area is 193 Å². The van der Waals surface area contributed by atoms with E-state index in [1.165, 1.54) is 0 Å². The van der Waals surface area contributed by atoms with Crippen LogP contribution >= 0.6 is 0 Å². The van der Waals surface area contributed by atoms with Gasteiger partial charge in [-0.05, 0) is 103 Å². The van der Waals surface area contributed by atoms with Gasteiger partial charge in [-0.2, -0.15) is 0 Å². The molecule has 0 aliphatic heterocycles. The SMILES string of the molecule is CC(C)(C)C1CCC(c2ccc(C(=O)O)c(C(=O)O)c2C2CCC(C(C)(C)C)CC2)CC1. The van der Waals surface area contributed by atoms with Crippen LogP contribution in [0.5, 0.6) is 0 Å². The Morgan fingerprint density at radius 1 is 0.688 bits per heavy atom. The van der Waals surface area contributed by atoms with Crippen LogP contribution < -0.4 is 0 Å². The highest BCUT2D eigenvalue weighted by atomic mass is 16.4. The molecule has 0 atom stereocenters. The average molecular weight is 443 g/mol. The summed E-state index contributed by atoms with van der Waals surface area (Å²) in [7, 11) is 0. The monoisotopic (exact) mass is 442 g/mol. The zero-order valence-corrected chi connectivity index (χ0v) is 20.8. The average Bonchev–Trinajstić information content (AvgIpc) is 2.71. The molecule has 4 nitrogen and oxygen atoms in total. The van der Waals surface area contributed by atoms with Crippen LogP contribution in [0.1, 0.15) is 137 Å². The van der Waals surface area contributed by atoms with E-state index in [4.69, 9.17) is 0 Å². The predicted octanol–water partition coefficient (Wildman–Crippen LogP) is 7.72. The number of benzene rings is 1. The first-order chi connectivity index (χ1) is 14.8. The fraction of sp³-hybridized carbons (Fsp3) is 0.714. The molecule has 0 amide bonds. The Kier molecular flexibility index (Phi) is 7.12. The Morgan fingerprint density at radius 2 is 1.12 bits per heavy atom. The van der Waals surface area contributed by atoms with Crippen molar-refractivity contribution in [2.24, 2.45) is 22.7 Å². The van der Waals surface area contributed by atoms with Gasteiger partial charge in [0.2, 0.25) is 0 Å². The highest BCUT2D eigenvalue weighted by Crippen LogP contribution is 2.49.